The van der Waals surface area contributed by atoms with Crippen LogP contribution >= 0.6 is 15.9 Å². The second-order valence-electron chi connectivity index (χ2n) is 7.41. The number of methoxy groups -OCH3 is 1. The van der Waals surface area contributed by atoms with Gasteiger partial charge in [0, 0.05) is 10.9 Å². The van der Waals surface area contributed by atoms with Gasteiger partial charge in [-0.1, -0.05) is 36.7 Å². The van der Waals surface area contributed by atoms with E-state index in [1.165, 1.54) is 4.68 Å². The van der Waals surface area contributed by atoms with E-state index in [0.717, 1.165) is 33.3 Å². The Hall–Kier alpha value is -2.47. The van der Waals surface area contributed by atoms with Gasteiger partial charge in [-0.2, -0.15) is 9.78 Å². The molecule has 0 aliphatic carbocycles. The number of nitrogens with zero attached hydrogens (tertiary/aromatic N) is 3. The Morgan fingerprint density at radius 3 is 2.69 bits per heavy atom. The fourth-order valence-corrected chi connectivity index (χ4v) is 3.66. The fourth-order valence-electron chi connectivity index (χ4n) is 3.30. The number of halogens is 1. The quantitative estimate of drug-likeness (QED) is 0.465. The summed E-state index contributed by atoms with van der Waals surface area (Å²) in [5.41, 5.74) is 3.64. The van der Waals surface area contributed by atoms with Gasteiger partial charge in [-0.15, -0.1) is 0 Å². The van der Waals surface area contributed by atoms with Crippen LogP contribution < -0.4 is 10.3 Å². The summed E-state index contributed by atoms with van der Waals surface area (Å²) >= 11 is 3.43. The van der Waals surface area contributed by atoms with E-state index >= 15 is 0 Å². The molecule has 0 aliphatic heterocycles. The molecule has 0 spiro atoms. The molecule has 0 fully saturated rings. The molecule has 0 radical (unpaired) electrons. The SMILES string of the molecule is CCCc1nc2ccc(Br)cc2c(=O)n1N=Cc1cc(C(C)C)c(OC)cc1C. The van der Waals surface area contributed by atoms with Crippen LogP contribution in [0.4, 0.5) is 0 Å². The van der Waals surface area contributed by atoms with Crippen LogP contribution in [0.5, 0.6) is 5.75 Å². The molecule has 5 nitrogen and oxygen atoms in total. The second kappa shape index (κ2) is 8.91. The lowest BCUT2D eigenvalue weighted by Gasteiger charge is -2.14. The molecule has 1 aromatic heterocycles. The van der Waals surface area contributed by atoms with E-state index in [-0.39, 0.29) is 5.56 Å². The molecule has 29 heavy (non-hydrogen) atoms. The molecule has 0 saturated heterocycles. The first kappa shape index (κ1) is 21.2. The molecule has 0 saturated carbocycles. The molecule has 3 rings (SSSR count). The third-order valence-corrected chi connectivity index (χ3v) is 5.39. The van der Waals surface area contributed by atoms with Gasteiger partial charge in [0.2, 0.25) is 0 Å². The predicted octanol–water partition coefficient (Wildman–Crippen LogP) is 5.43. The maximum absolute atomic E-state index is 13.1. The number of ether oxygens (including phenoxy) is 1. The average Bonchev–Trinajstić information content (AvgIpc) is 2.69. The standard InChI is InChI=1S/C23H26BrN3O2/c1-6-7-22-26-20-9-8-17(24)12-19(20)23(28)27(22)25-13-16-11-18(14(2)3)21(29-5)10-15(16)4/h8-14H,6-7H2,1-5H3. The van der Waals surface area contributed by atoms with Crippen LogP contribution in [0.3, 0.4) is 0 Å². The summed E-state index contributed by atoms with van der Waals surface area (Å²) in [4.78, 5) is 17.8. The molecule has 0 N–H and O–H groups in total. The maximum Gasteiger partial charge on any atom is 0.282 e. The Labute approximate surface area is 179 Å². The third-order valence-electron chi connectivity index (χ3n) is 4.90. The van der Waals surface area contributed by atoms with Gasteiger partial charge >= 0.3 is 0 Å². The third kappa shape index (κ3) is 4.42. The van der Waals surface area contributed by atoms with Crippen LogP contribution in [0, 0.1) is 6.92 Å². The molecule has 0 amide bonds. The first-order valence-corrected chi connectivity index (χ1v) is 10.6. The maximum atomic E-state index is 13.1. The molecule has 0 unspecified atom stereocenters. The van der Waals surface area contributed by atoms with Crippen LogP contribution in [-0.4, -0.2) is 23.0 Å². The Bertz CT molecular complexity index is 1130. The molecule has 152 valence electrons. The number of fused-ring (bicyclic) bond motifs is 1. The Balaban J connectivity index is 2.15. The molecule has 0 bridgehead atoms. The van der Waals surface area contributed by atoms with Gasteiger partial charge in [-0.05, 0) is 66.3 Å². The van der Waals surface area contributed by atoms with Gasteiger partial charge in [-0.25, -0.2) is 4.98 Å². The number of aromatic nitrogens is 2. The minimum atomic E-state index is -0.161. The van der Waals surface area contributed by atoms with Crippen LogP contribution in [0.2, 0.25) is 0 Å². The minimum absolute atomic E-state index is 0.161. The monoisotopic (exact) mass is 455 g/mol. The number of hydrogen-bond acceptors (Lipinski definition) is 4. The molecule has 3 aromatic rings. The minimum Gasteiger partial charge on any atom is -0.496 e. The lowest BCUT2D eigenvalue weighted by atomic mass is 9.97. The molecule has 2 aromatic carbocycles. The van der Waals surface area contributed by atoms with Crippen LogP contribution in [-0.2, 0) is 6.42 Å². The van der Waals surface area contributed by atoms with Crippen molar-refractivity contribution in [3.63, 3.8) is 0 Å². The predicted molar refractivity (Wildman–Crippen MR) is 123 cm³/mol. The van der Waals surface area contributed by atoms with Crippen molar-refractivity contribution in [1.82, 2.24) is 9.66 Å². The van der Waals surface area contributed by atoms with Crippen molar-refractivity contribution in [3.8, 4) is 5.75 Å². The van der Waals surface area contributed by atoms with Gasteiger partial charge in [0.25, 0.3) is 5.56 Å². The Kier molecular flexibility index (Phi) is 6.52. The zero-order valence-electron chi connectivity index (χ0n) is 17.5. The van der Waals surface area contributed by atoms with E-state index in [0.29, 0.717) is 29.1 Å². The highest BCUT2D eigenvalue weighted by Crippen LogP contribution is 2.29. The second-order valence-corrected chi connectivity index (χ2v) is 8.32. The largest absolute Gasteiger partial charge is 0.496 e. The van der Waals surface area contributed by atoms with Crippen molar-refractivity contribution < 1.29 is 4.74 Å². The van der Waals surface area contributed by atoms with Gasteiger partial charge < -0.3 is 4.74 Å². The number of hydrogen-bond donors (Lipinski definition) is 0. The normalized spacial score (nSPS) is 11.7. The summed E-state index contributed by atoms with van der Waals surface area (Å²) in [5.74, 6) is 1.85. The zero-order chi connectivity index (χ0) is 21.1. The van der Waals surface area contributed by atoms with Crippen molar-refractivity contribution in [3.05, 3.63) is 67.7 Å². The van der Waals surface area contributed by atoms with E-state index in [4.69, 9.17) is 4.74 Å². The zero-order valence-corrected chi connectivity index (χ0v) is 19.1. The van der Waals surface area contributed by atoms with E-state index < -0.39 is 0 Å². The van der Waals surface area contributed by atoms with Gasteiger partial charge in [0.05, 0.1) is 24.2 Å². The van der Waals surface area contributed by atoms with Crippen LogP contribution in [0.1, 0.15) is 55.6 Å². The highest BCUT2D eigenvalue weighted by Gasteiger charge is 2.12. The lowest BCUT2D eigenvalue weighted by Crippen LogP contribution is -2.22. The topological polar surface area (TPSA) is 56.5 Å². The number of rotatable bonds is 6. The van der Waals surface area contributed by atoms with Gasteiger partial charge in [-0.3, -0.25) is 4.79 Å². The van der Waals surface area contributed by atoms with Crippen molar-refractivity contribution in [2.45, 2.75) is 46.5 Å². The lowest BCUT2D eigenvalue weighted by molar-refractivity contribution is 0.407. The highest BCUT2D eigenvalue weighted by molar-refractivity contribution is 9.10. The van der Waals surface area contributed by atoms with Crippen LogP contribution in [0.25, 0.3) is 10.9 Å². The molecular weight excluding hydrogens is 430 g/mol. The number of aryl methyl sites for hydroxylation is 2. The number of benzene rings is 2. The van der Waals surface area contributed by atoms with Crippen molar-refractivity contribution in [2.24, 2.45) is 5.10 Å². The molecule has 6 heteroatoms. The van der Waals surface area contributed by atoms with E-state index in [1.807, 2.05) is 25.1 Å². The van der Waals surface area contributed by atoms with Crippen molar-refractivity contribution >= 4 is 33.0 Å². The molecular formula is C23H26BrN3O2. The fraction of sp³-hybridized carbons (Fsp3) is 0.348. The average molecular weight is 456 g/mol. The highest BCUT2D eigenvalue weighted by atomic mass is 79.9. The summed E-state index contributed by atoms with van der Waals surface area (Å²) in [6.45, 7) is 8.33. The van der Waals surface area contributed by atoms with Crippen molar-refractivity contribution in [1.29, 1.82) is 0 Å². The summed E-state index contributed by atoms with van der Waals surface area (Å²) in [5, 5.41) is 5.10. The molecule has 0 aliphatic rings. The van der Waals surface area contributed by atoms with Gasteiger partial charge in [0.1, 0.15) is 11.6 Å². The van der Waals surface area contributed by atoms with E-state index in [9.17, 15) is 4.79 Å². The smallest absolute Gasteiger partial charge is 0.282 e. The van der Waals surface area contributed by atoms with E-state index in [2.05, 4.69) is 52.9 Å². The Morgan fingerprint density at radius 1 is 1.28 bits per heavy atom. The summed E-state index contributed by atoms with van der Waals surface area (Å²) < 4.78 is 7.79. The summed E-state index contributed by atoms with van der Waals surface area (Å²) in [6.07, 6.45) is 3.30. The molecule has 1 heterocycles. The van der Waals surface area contributed by atoms with Crippen molar-refractivity contribution in [2.75, 3.05) is 7.11 Å². The molecule has 0 atom stereocenters. The van der Waals surface area contributed by atoms with Gasteiger partial charge in [0.15, 0.2) is 0 Å². The first-order valence-electron chi connectivity index (χ1n) is 9.79. The summed E-state index contributed by atoms with van der Waals surface area (Å²) in [6, 6.07) is 9.64. The first-order chi connectivity index (χ1) is 13.8. The summed E-state index contributed by atoms with van der Waals surface area (Å²) in [7, 11) is 1.68. The van der Waals surface area contributed by atoms with Crippen LogP contribution in [0.15, 0.2) is 44.7 Å². The van der Waals surface area contributed by atoms with E-state index in [1.54, 1.807) is 19.4 Å². The Morgan fingerprint density at radius 2 is 2.03 bits per heavy atom.